The minimum absolute atomic E-state index is 0.000414. The van der Waals surface area contributed by atoms with Gasteiger partial charge in [0.15, 0.2) is 0 Å². The molecule has 5 aliphatic rings. The molecule has 192 valence electrons. The highest BCUT2D eigenvalue weighted by Gasteiger charge is 2.56. The molecule has 7 rings (SSSR count). The second kappa shape index (κ2) is 9.27. The number of hydrogen-bond donors (Lipinski definition) is 0. The summed E-state index contributed by atoms with van der Waals surface area (Å²) in [5, 5.41) is 2.08. The molecular formula is C30H37FN2O2S. The molecule has 6 heteroatoms. The van der Waals surface area contributed by atoms with Crippen molar-refractivity contribution in [3.8, 4) is 0 Å². The Balaban J connectivity index is 1.28. The molecule has 4 nitrogen and oxygen atoms in total. The molecule has 2 heterocycles. The van der Waals surface area contributed by atoms with Gasteiger partial charge in [0.1, 0.15) is 12.4 Å². The van der Waals surface area contributed by atoms with Crippen LogP contribution in [0.15, 0.2) is 35.7 Å². The zero-order valence-corrected chi connectivity index (χ0v) is 22.2. The second-order valence-electron chi connectivity index (χ2n) is 12.0. The van der Waals surface area contributed by atoms with Crippen molar-refractivity contribution in [2.75, 3.05) is 13.1 Å². The maximum Gasteiger partial charge on any atom is 0.243 e. The van der Waals surface area contributed by atoms with Gasteiger partial charge in [0.25, 0.3) is 0 Å². The molecule has 0 N–H and O–H groups in total. The molecule has 1 aliphatic heterocycles. The van der Waals surface area contributed by atoms with Gasteiger partial charge in [-0.2, -0.15) is 0 Å². The van der Waals surface area contributed by atoms with Gasteiger partial charge in [-0.25, -0.2) is 4.39 Å². The van der Waals surface area contributed by atoms with Crippen LogP contribution in [0.2, 0.25) is 0 Å². The molecule has 0 radical (unpaired) electrons. The third kappa shape index (κ3) is 4.09. The van der Waals surface area contributed by atoms with E-state index in [1.807, 2.05) is 9.80 Å². The van der Waals surface area contributed by atoms with E-state index < -0.39 is 0 Å². The minimum Gasteiger partial charge on any atom is -0.330 e. The van der Waals surface area contributed by atoms with Crippen LogP contribution in [0.5, 0.6) is 0 Å². The molecule has 2 amide bonds. The van der Waals surface area contributed by atoms with Crippen molar-refractivity contribution in [3.63, 3.8) is 0 Å². The number of rotatable bonds is 6. The highest BCUT2D eigenvalue weighted by Crippen LogP contribution is 2.60. The maximum atomic E-state index is 14.3. The fraction of sp³-hybridized carbons (Fsp3) is 0.600. The number of benzene rings is 1. The standard InChI is InChI=1S/C30H37FN2O2S/c1-3-19(2)33(29(35)30-15-20-12-21(16-30)14-22(13-20)17-30)18-27(34)32-10-8-26-25(9-11-36-26)28(32)23-4-6-24(31)7-5-23/h4-7,9,11,19-22,28H,3,8,10,12-18H2,1-2H3. The van der Waals surface area contributed by atoms with Gasteiger partial charge in [-0.15, -0.1) is 11.3 Å². The first-order chi connectivity index (χ1) is 17.4. The van der Waals surface area contributed by atoms with E-state index in [2.05, 4.69) is 25.3 Å². The van der Waals surface area contributed by atoms with Crippen LogP contribution < -0.4 is 0 Å². The van der Waals surface area contributed by atoms with Crippen LogP contribution in [-0.2, 0) is 16.0 Å². The van der Waals surface area contributed by atoms with Crippen LogP contribution in [0.4, 0.5) is 4.39 Å². The van der Waals surface area contributed by atoms with Gasteiger partial charge < -0.3 is 9.80 Å². The van der Waals surface area contributed by atoms with Crippen LogP contribution in [0.3, 0.4) is 0 Å². The Labute approximate surface area is 217 Å². The van der Waals surface area contributed by atoms with Crippen molar-refractivity contribution in [2.45, 2.75) is 77.3 Å². The van der Waals surface area contributed by atoms with Gasteiger partial charge in [-0.1, -0.05) is 19.1 Å². The number of amides is 2. The van der Waals surface area contributed by atoms with Crippen molar-refractivity contribution in [2.24, 2.45) is 23.2 Å². The number of carbonyl (C=O) groups excluding carboxylic acids is 2. The summed E-state index contributed by atoms with van der Waals surface area (Å²) in [7, 11) is 0. The van der Waals surface area contributed by atoms with E-state index in [1.165, 1.54) is 36.3 Å². The zero-order chi connectivity index (χ0) is 25.0. The molecule has 36 heavy (non-hydrogen) atoms. The maximum absolute atomic E-state index is 14.3. The van der Waals surface area contributed by atoms with E-state index in [-0.39, 0.29) is 41.7 Å². The number of halogens is 1. The molecule has 4 fully saturated rings. The van der Waals surface area contributed by atoms with Gasteiger partial charge in [0.2, 0.25) is 11.8 Å². The van der Waals surface area contributed by atoms with Crippen molar-refractivity contribution in [1.29, 1.82) is 0 Å². The first-order valence-corrected chi connectivity index (χ1v) is 14.7. The summed E-state index contributed by atoms with van der Waals surface area (Å²) in [5.41, 5.74) is 1.80. The molecule has 4 bridgehead atoms. The zero-order valence-electron chi connectivity index (χ0n) is 21.4. The lowest BCUT2D eigenvalue weighted by molar-refractivity contribution is -0.162. The molecule has 2 aromatic rings. The Kier molecular flexibility index (Phi) is 6.22. The lowest BCUT2D eigenvalue weighted by Crippen LogP contribution is -2.58. The highest BCUT2D eigenvalue weighted by atomic mass is 32.1. The molecular weight excluding hydrogens is 471 g/mol. The van der Waals surface area contributed by atoms with E-state index in [9.17, 15) is 14.0 Å². The average Bonchev–Trinajstić information content (AvgIpc) is 3.34. The number of carbonyl (C=O) groups is 2. The monoisotopic (exact) mass is 508 g/mol. The van der Waals surface area contributed by atoms with Crippen molar-refractivity contribution < 1.29 is 14.0 Å². The Hall–Kier alpha value is -2.21. The van der Waals surface area contributed by atoms with Crippen LogP contribution in [0, 0.1) is 29.0 Å². The van der Waals surface area contributed by atoms with Gasteiger partial charge in [-0.3, -0.25) is 9.59 Å². The van der Waals surface area contributed by atoms with E-state index in [0.29, 0.717) is 24.3 Å². The fourth-order valence-electron chi connectivity index (χ4n) is 8.15. The van der Waals surface area contributed by atoms with E-state index in [1.54, 1.807) is 23.5 Å². The van der Waals surface area contributed by atoms with Gasteiger partial charge in [0, 0.05) is 17.5 Å². The first kappa shape index (κ1) is 24.1. The lowest BCUT2D eigenvalue weighted by atomic mass is 9.49. The molecule has 0 saturated heterocycles. The molecule has 2 atom stereocenters. The van der Waals surface area contributed by atoms with Crippen LogP contribution in [0.25, 0.3) is 0 Å². The molecule has 2 unspecified atom stereocenters. The van der Waals surface area contributed by atoms with Crippen molar-refractivity contribution in [1.82, 2.24) is 9.80 Å². The summed E-state index contributed by atoms with van der Waals surface area (Å²) in [6.45, 7) is 4.95. The first-order valence-electron chi connectivity index (χ1n) is 13.8. The van der Waals surface area contributed by atoms with Crippen LogP contribution in [0.1, 0.15) is 80.8 Å². The average molecular weight is 509 g/mol. The Morgan fingerprint density at radius 2 is 1.72 bits per heavy atom. The Morgan fingerprint density at radius 3 is 2.33 bits per heavy atom. The van der Waals surface area contributed by atoms with Crippen LogP contribution >= 0.6 is 11.3 Å². The number of thiophene rings is 1. The predicted octanol–water partition coefficient (Wildman–Crippen LogP) is 6.20. The smallest absolute Gasteiger partial charge is 0.243 e. The Bertz CT molecular complexity index is 1110. The highest BCUT2D eigenvalue weighted by molar-refractivity contribution is 7.10. The molecule has 0 spiro atoms. The Morgan fingerprint density at radius 1 is 1.08 bits per heavy atom. The van der Waals surface area contributed by atoms with E-state index >= 15 is 0 Å². The largest absolute Gasteiger partial charge is 0.330 e. The van der Waals surface area contributed by atoms with E-state index in [0.717, 1.165) is 43.2 Å². The van der Waals surface area contributed by atoms with Crippen molar-refractivity contribution >= 4 is 23.2 Å². The van der Waals surface area contributed by atoms with E-state index in [4.69, 9.17) is 0 Å². The summed E-state index contributed by atoms with van der Waals surface area (Å²) >= 11 is 1.72. The lowest BCUT2D eigenvalue weighted by Gasteiger charge is -2.57. The van der Waals surface area contributed by atoms with Crippen molar-refractivity contribution in [3.05, 3.63) is 57.5 Å². The normalized spacial score (nSPS) is 31.2. The predicted molar refractivity (Wildman–Crippen MR) is 140 cm³/mol. The minimum atomic E-state index is -0.276. The number of nitrogens with zero attached hydrogens (tertiary/aromatic N) is 2. The molecule has 1 aromatic heterocycles. The summed E-state index contributed by atoms with van der Waals surface area (Å²) < 4.78 is 13.7. The van der Waals surface area contributed by atoms with Crippen LogP contribution in [-0.4, -0.2) is 40.7 Å². The third-order valence-electron chi connectivity index (χ3n) is 9.65. The summed E-state index contributed by atoms with van der Waals surface area (Å²) in [4.78, 5) is 33.4. The topological polar surface area (TPSA) is 40.6 Å². The number of fused-ring (bicyclic) bond motifs is 1. The summed E-state index contributed by atoms with van der Waals surface area (Å²) in [6.07, 6.45) is 8.59. The molecule has 1 aromatic carbocycles. The summed E-state index contributed by atoms with van der Waals surface area (Å²) in [6, 6.07) is 8.42. The second-order valence-corrected chi connectivity index (χ2v) is 13.0. The van der Waals surface area contributed by atoms with Gasteiger partial charge in [-0.05, 0) is 111 Å². The fourth-order valence-corrected chi connectivity index (χ4v) is 9.06. The third-order valence-corrected chi connectivity index (χ3v) is 10.6. The molecule has 4 saturated carbocycles. The SMILES string of the molecule is CCC(C)N(CC(=O)N1CCc2sccc2C1c1ccc(F)cc1)C(=O)C12CC3CC(CC(C3)C1)C2. The van der Waals surface area contributed by atoms with Gasteiger partial charge in [0.05, 0.1) is 11.5 Å². The quantitative estimate of drug-likeness (QED) is 0.466. The molecule has 4 aliphatic carbocycles. The number of hydrogen-bond acceptors (Lipinski definition) is 3. The summed E-state index contributed by atoms with van der Waals surface area (Å²) in [5.74, 6) is 2.03. The van der Waals surface area contributed by atoms with Gasteiger partial charge >= 0.3 is 0 Å².